The average Bonchev–Trinajstić information content (AvgIpc) is 3.07. The molecule has 0 saturated heterocycles. The van der Waals surface area contributed by atoms with E-state index in [9.17, 15) is 18.0 Å². The molecule has 3 N–H and O–H groups in total. The number of nitrogens with two attached hydrogens (primary N) is 1. The maximum Gasteiger partial charge on any atom is 0.573 e. The SMILES string of the molecule is COc1ccc(OC(F)(F)F)c(-c2ccc(NC(=O)c3ccnn3C)nc2N)c1. The van der Waals surface area contributed by atoms with Gasteiger partial charge in [0, 0.05) is 24.4 Å². The molecule has 0 radical (unpaired) electrons. The molecule has 11 heteroatoms. The first kappa shape index (κ1) is 20.0. The van der Waals surface area contributed by atoms with Crippen LogP contribution in [-0.2, 0) is 7.05 Å². The summed E-state index contributed by atoms with van der Waals surface area (Å²) in [5.74, 6) is -0.597. The van der Waals surface area contributed by atoms with Crippen molar-refractivity contribution >= 4 is 17.5 Å². The van der Waals surface area contributed by atoms with E-state index in [1.54, 1.807) is 7.05 Å². The summed E-state index contributed by atoms with van der Waals surface area (Å²) < 4.78 is 48.7. The molecular formula is C18H16F3N5O3. The van der Waals surface area contributed by atoms with Crippen molar-refractivity contribution in [3.63, 3.8) is 0 Å². The average molecular weight is 407 g/mol. The maximum atomic E-state index is 12.7. The number of alkyl halides is 3. The minimum Gasteiger partial charge on any atom is -0.497 e. The molecule has 3 aromatic rings. The normalized spacial score (nSPS) is 11.2. The summed E-state index contributed by atoms with van der Waals surface area (Å²) in [6, 6.07) is 8.16. The Morgan fingerprint density at radius 3 is 2.52 bits per heavy atom. The van der Waals surface area contributed by atoms with Gasteiger partial charge in [0.15, 0.2) is 0 Å². The smallest absolute Gasteiger partial charge is 0.497 e. The summed E-state index contributed by atoms with van der Waals surface area (Å²) in [6.07, 6.45) is -3.42. The largest absolute Gasteiger partial charge is 0.573 e. The first-order valence-corrected chi connectivity index (χ1v) is 8.18. The minimum absolute atomic E-state index is 0.0381. The van der Waals surface area contributed by atoms with E-state index in [4.69, 9.17) is 10.5 Å². The van der Waals surface area contributed by atoms with Crippen molar-refractivity contribution in [2.24, 2.45) is 7.05 Å². The van der Waals surface area contributed by atoms with Gasteiger partial charge < -0.3 is 20.5 Å². The molecule has 0 aliphatic rings. The fourth-order valence-corrected chi connectivity index (χ4v) is 2.61. The maximum absolute atomic E-state index is 12.7. The van der Waals surface area contributed by atoms with E-state index in [0.29, 0.717) is 11.4 Å². The van der Waals surface area contributed by atoms with Crippen molar-refractivity contribution in [2.75, 3.05) is 18.2 Å². The zero-order valence-electron chi connectivity index (χ0n) is 15.3. The Labute approximate surface area is 163 Å². The van der Waals surface area contributed by atoms with E-state index in [0.717, 1.165) is 6.07 Å². The van der Waals surface area contributed by atoms with Crippen LogP contribution in [0.1, 0.15) is 10.5 Å². The Hall–Kier alpha value is -3.76. The fourth-order valence-electron chi connectivity index (χ4n) is 2.61. The second kappa shape index (κ2) is 7.70. The van der Waals surface area contributed by atoms with Gasteiger partial charge in [-0.15, -0.1) is 13.2 Å². The third-order valence-corrected chi connectivity index (χ3v) is 3.92. The Morgan fingerprint density at radius 2 is 1.93 bits per heavy atom. The summed E-state index contributed by atoms with van der Waals surface area (Å²) in [5.41, 5.74) is 6.46. The number of hydrogen-bond acceptors (Lipinski definition) is 6. The highest BCUT2D eigenvalue weighted by Gasteiger charge is 2.32. The zero-order valence-corrected chi connectivity index (χ0v) is 15.3. The standard InChI is InChI=1S/C18H16F3N5O3/c1-26-13(7-8-23-26)17(27)25-15-6-4-11(16(22)24-15)12-9-10(28-2)3-5-14(12)29-18(19,20)21/h3-9H,1-2H3,(H3,22,24,25,27). The Balaban J connectivity index is 1.94. The number of pyridine rings is 1. The van der Waals surface area contributed by atoms with Crippen molar-refractivity contribution in [1.29, 1.82) is 0 Å². The molecule has 0 atom stereocenters. The van der Waals surface area contributed by atoms with Gasteiger partial charge in [0.1, 0.15) is 28.8 Å². The number of halogens is 3. The molecule has 1 amide bonds. The van der Waals surface area contributed by atoms with Crippen molar-refractivity contribution in [3.05, 3.63) is 48.3 Å². The van der Waals surface area contributed by atoms with E-state index in [2.05, 4.69) is 20.1 Å². The lowest BCUT2D eigenvalue weighted by Crippen LogP contribution is -2.18. The van der Waals surface area contributed by atoms with Crippen LogP contribution >= 0.6 is 0 Å². The zero-order chi connectivity index (χ0) is 21.2. The van der Waals surface area contributed by atoms with Crippen molar-refractivity contribution in [3.8, 4) is 22.6 Å². The molecule has 0 fully saturated rings. The van der Waals surface area contributed by atoms with Gasteiger partial charge in [0.2, 0.25) is 0 Å². The van der Waals surface area contributed by atoms with Crippen LogP contribution in [0.5, 0.6) is 11.5 Å². The van der Waals surface area contributed by atoms with Gasteiger partial charge in [-0.05, 0) is 36.4 Å². The number of rotatable bonds is 5. The predicted octanol–water partition coefficient (Wildman–Crippen LogP) is 3.22. The van der Waals surface area contributed by atoms with E-state index >= 15 is 0 Å². The first-order valence-electron chi connectivity index (χ1n) is 8.18. The predicted molar refractivity (Wildman–Crippen MR) is 98.5 cm³/mol. The monoisotopic (exact) mass is 407 g/mol. The van der Waals surface area contributed by atoms with Crippen molar-refractivity contribution in [2.45, 2.75) is 6.36 Å². The second-order valence-corrected chi connectivity index (χ2v) is 5.83. The molecule has 0 spiro atoms. The number of nitrogens with one attached hydrogen (secondary N) is 1. The number of aromatic nitrogens is 3. The summed E-state index contributed by atoms with van der Waals surface area (Å²) in [6.45, 7) is 0. The molecule has 2 aromatic heterocycles. The van der Waals surface area contributed by atoms with Crippen LogP contribution in [0.4, 0.5) is 24.8 Å². The van der Waals surface area contributed by atoms with Gasteiger partial charge in [-0.2, -0.15) is 5.10 Å². The Kier molecular flexibility index (Phi) is 5.31. The van der Waals surface area contributed by atoms with Crippen molar-refractivity contribution in [1.82, 2.24) is 14.8 Å². The van der Waals surface area contributed by atoms with E-state index in [-0.39, 0.29) is 22.8 Å². The highest BCUT2D eigenvalue weighted by molar-refractivity contribution is 6.02. The summed E-state index contributed by atoms with van der Waals surface area (Å²) in [5, 5.41) is 6.45. The molecular weight excluding hydrogens is 391 g/mol. The number of methoxy groups -OCH3 is 1. The number of anilines is 2. The molecule has 0 aliphatic carbocycles. The van der Waals surface area contributed by atoms with Gasteiger partial charge in [0.25, 0.3) is 5.91 Å². The number of benzene rings is 1. The summed E-state index contributed by atoms with van der Waals surface area (Å²) in [4.78, 5) is 16.3. The van der Waals surface area contributed by atoms with Gasteiger partial charge in [-0.25, -0.2) is 4.98 Å². The van der Waals surface area contributed by atoms with Crippen LogP contribution in [0.2, 0.25) is 0 Å². The lowest BCUT2D eigenvalue weighted by molar-refractivity contribution is -0.274. The number of amides is 1. The van der Waals surface area contributed by atoms with Crippen LogP contribution in [0.3, 0.4) is 0 Å². The number of aryl methyl sites for hydroxylation is 1. The van der Waals surface area contributed by atoms with Crippen LogP contribution in [-0.4, -0.2) is 34.1 Å². The van der Waals surface area contributed by atoms with E-state index in [1.165, 1.54) is 48.3 Å². The molecule has 0 saturated carbocycles. The molecule has 8 nitrogen and oxygen atoms in total. The number of ether oxygens (including phenoxy) is 2. The van der Waals surface area contributed by atoms with Crippen molar-refractivity contribution < 1.29 is 27.4 Å². The van der Waals surface area contributed by atoms with Gasteiger partial charge in [-0.3, -0.25) is 9.48 Å². The summed E-state index contributed by atoms with van der Waals surface area (Å²) in [7, 11) is 2.98. The topological polar surface area (TPSA) is 104 Å². The van der Waals surface area contributed by atoms with Crippen LogP contribution in [0.25, 0.3) is 11.1 Å². The third kappa shape index (κ3) is 4.57. The van der Waals surface area contributed by atoms with Crippen LogP contribution in [0.15, 0.2) is 42.6 Å². The number of nitrogen functional groups attached to an aromatic ring is 1. The number of carbonyl (C=O) groups excluding carboxylic acids is 1. The van der Waals surface area contributed by atoms with E-state index < -0.39 is 18.0 Å². The lowest BCUT2D eigenvalue weighted by atomic mass is 10.0. The van der Waals surface area contributed by atoms with Crippen LogP contribution < -0.4 is 20.5 Å². The quantitative estimate of drug-likeness (QED) is 0.673. The fraction of sp³-hybridized carbons (Fsp3) is 0.167. The van der Waals surface area contributed by atoms with E-state index in [1.807, 2.05) is 0 Å². The third-order valence-electron chi connectivity index (χ3n) is 3.92. The molecule has 0 unspecified atom stereocenters. The van der Waals surface area contributed by atoms with Crippen LogP contribution in [0, 0.1) is 0 Å². The number of nitrogens with zero attached hydrogens (tertiary/aromatic N) is 3. The second-order valence-electron chi connectivity index (χ2n) is 5.83. The highest BCUT2D eigenvalue weighted by Crippen LogP contribution is 2.38. The molecule has 2 heterocycles. The molecule has 29 heavy (non-hydrogen) atoms. The highest BCUT2D eigenvalue weighted by atomic mass is 19.4. The summed E-state index contributed by atoms with van der Waals surface area (Å²) >= 11 is 0. The van der Waals surface area contributed by atoms with Gasteiger partial charge >= 0.3 is 6.36 Å². The molecule has 0 bridgehead atoms. The number of carbonyl (C=O) groups is 1. The molecule has 3 rings (SSSR count). The molecule has 152 valence electrons. The minimum atomic E-state index is -4.89. The number of hydrogen-bond donors (Lipinski definition) is 2. The lowest BCUT2D eigenvalue weighted by Gasteiger charge is -2.16. The Morgan fingerprint density at radius 1 is 1.17 bits per heavy atom. The first-order chi connectivity index (χ1) is 13.7. The molecule has 0 aliphatic heterocycles. The Bertz CT molecular complexity index is 1050. The van der Waals surface area contributed by atoms with Gasteiger partial charge in [-0.1, -0.05) is 0 Å². The molecule has 1 aromatic carbocycles. The van der Waals surface area contributed by atoms with Gasteiger partial charge in [0.05, 0.1) is 7.11 Å².